The molecule has 4 heteroatoms. The molecule has 0 aromatic heterocycles. The van der Waals surface area contributed by atoms with Crippen LogP contribution < -0.4 is 0 Å². The maximum absolute atomic E-state index is 13.0. The van der Waals surface area contributed by atoms with Crippen molar-refractivity contribution in [2.45, 2.75) is 19.3 Å². The predicted octanol–water partition coefficient (Wildman–Crippen LogP) is 2.66. The zero-order chi connectivity index (χ0) is 9.84. The second kappa shape index (κ2) is 3.82. The molecule has 1 rings (SSSR count). The second-order valence-corrected chi connectivity index (χ2v) is 2.66. The molecule has 0 unspecified atom stereocenters. The van der Waals surface area contributed by atoms with E-state index in [9.17, 15) is 8.78 Å². The lowest BCUT2D eigenvalue weighted by Crippen LogP contribution is -1.99. The first kappa shape index (κ1) is 9.41. The van der Waals surface area contributed by atoms with E-state index >= 15 is 0 Å². The third-order valence-electron chi connectivity index (χ3n) is 1.87. The molecule has 0 saturated carbocycles. The van der Waals surface area contributed by atoms with E-state index in [0.29, 0.717) is 0 Å². The normalized spacial score (nSPS) is 16.9. The maximum atomic E-state index is 13.0. The van der Waals surface area contributed by atoms with Crippen LogP contribution in [0.1, 0.15) is 19.3 Å². The number of rotatable bonds is 1. The Morgan fingerprint density at radius 2 is 1.85 bits per heavy atom. The number of hydrogen-bond acceptors (Lipinski definition) is 2. The maximum Gasteiger partial charge on any atom is 0.172 e. The van der Waals surface area contributed by atoms with Crippen molar-refractivity contribution in [1.29, 1.82) is 10.5 Å². The van der Waals surface area contributed by atoms with Gasteiger partial charge in [0, 0.05) is 0 Å². The molecular formula is C9H6F2N2. The van der Waals surface area contributed by atoms with Crippen molar-refractivity contribution >= 4 is 0 Å². The molecule has 0 aromatic carbocycles. The molecular weight excluding hydrogens is 174 g/mol. The molecule has 0 bridgehead atoms. The standard InChI is InChI=1S/C9H6F2N2/c10-8-6(3-4-12)1-2-7(5-13)9(8)11/h1-3H2. The van der Waals surface area contributed by atoms with E-state index in [1.54, 1.807) is 12.1 Å². The van der Waals surface area contributed by atoms with Crippen LogP contribution in [-0.4, -0.2) is 0 Å². The van der Waals surface area contributed by atoms with Crippen molar-refractivity contribution in [2.75, 3.05) is 0 Å². The van der Waals surface area contributed by atoms with Crippen LogP contribution in [0.2, 0.25) is 0 Å². The Morgan fingerprint density at radius 3 is 2.38 bits per heavy atom. The van der Waals surface area contributed by atoms with Crippen LogP contribution in [0.5, 0.6) is 0 Å². The Labute approximate surface area is 74.4 Å². The van der Waals surface area contributed by atoms with Crippen molar-refractivity contribution in [2.24, 2.45) is 0 Å². The first-order valence-corrected chi connectivity index (χ1v) is 3.74. The van der Waals surface area contributed by atoms with Gasteiger partial charge in [0.25, 0.3) is 0 Å². The summed E-state index contributed by atoms with van der Waals surface area (Å²) in [5.74, 6) is -2.12. The summed E-state index contributed by atoms with van der Waals surface area (Å²) in [6.45, 7) is 0. The second-order valence-electron chi connectivity index (χ2n) is 2.66. The minimum absolute atomic E-state index is 0.113. The summed E-state index contributed by atoms with van der Waals surface area (Å²) < 4.78 is 25.9. The highest BCUT2D eigenvalue weighted by Crippen LogP contribution is 2.33. The van der Waals surface area contributed by atoms with E-state index in [-0.39, 0.29) is 30.4 Å². The summed E-state index contributed by atoms with van der Waals surface area (Å²) in [5, 5.41) is 16.7. The van der Waals surface area contributed by atoms with Crippen molar-refractivity contribution < 1.29 is 8.78 Å². The molecule has 0 heterocycles. The van der Waals surface area contributed by atoms with Gasteiger partial charge in [0.15, 0.2) is 11.7 Å². The van der Waals surface area contributed by atoms with Crippen molar-refractivity contribution in [3.63, 3.8) is 0 Å². The van der Waals surface area contributed by atoms with Crippen LogP contribution in [0, 0.1) is 22.7 Å². The van der Waals surface area contributed by atoms with Gasteiger partial charge >= 0.3 is 0 Å². The average molecular weight is 180 g/mol. The van der Waals surface area contributed by atoms with Gasteiger partial charge in [-0.25, -0.2) is 8.78 Å². The molecule has 0 fully saturated rings. The van der Waals surface area contributed by atoms with Crippen LogP contribution in [0.4, 0.5) is 8.78 Å². The molecule has 13 heavy (non-hydrogen) atoms. The lowest BCUT2D eigenvalue weighted by Gasteiger charge is -2.11. The van der Waals surface area contributed by atoms with E-state index in [4.69, 9.17) is 10.5 Å². The van der Waals surface area contributed by atoms with Crippen molar-refractivity contribution in [3.05, 3.63) is 22.8 Å². The van der Waals surface area contributed by atoms with Gasteiger partial charge in [0.05, 0.1) is 24.1 Å². The summed E-state index contributed by atoms with van der Waals surface area (Å²) >= 11 is 0. The fraction of sp³-hybridized carbons (Fsp3) is 0.333. The van der Waals surface area contributed by atoms with Crippen LogP contribution in [0.15, 0.2) is 22.8 Å². The first-order chi connectivity index (χ1) is 6.20. The van der Waals surface area contributed by atoms with Crippen LogP contribution in [-0.2, 0) is 0 Å². The van der Waals surface area contributed by atoms with Gasteiger partial charge < -0.3 is 0 Å². The summed E-state index contributed by atoms with van der Waals surface area (Å²) in [6.07, 6.45) is 0.334. The van der Waals surface area contributed by atoms with Gasteiger partial charge in [-0.15, -0.1) is 0 Å². The zero-order valence-corrected chi connectivity index (χ0v) is 6.77. The fourth-order valence-corrected chi connectivity index (χ4v) is 1.15. The summed E-state index contributed by atoms with van der Waals surface area (Å²) in [4.78, 5) is 0. The van der Waals surface area contributed by atoms with Crippen LogP contribution in [0.3, 0.4) is 0 Å². The molecule has 0 spiro atoms. The highest BCUT2D eigenvalue weighted by Gasteiger charge is 2.21. The molecule has 0 amide bonds. The van der Waals surface area contributed by atoms with Crippen LogP contribution in [0.25, 0.3) is 0 Å². The topological polar surface area (TPSA) is 47.6 Å². The van der Waals surface area contributed by atoms with Gasteiger partial charge in [0.2, 0.25) is 0 Å². The monoisotopic (exact) mass is 180 g/mol. The lowest BCUT2D eigenvalue weighted by molar-refractivity contribution is 0.511. The number of nitriles is 2. The number of halogens is 2. The van der Waals surface area contributed by atoms with E-state index < -0.39 is 11.7 Å². The van der Waals surface area contributed by atoms with Crippen LogP contribution >= 0.6 is 0 Å². The smallest absolute Gasteiger partial charge is 0.172 e. The lowest BCUT2D eigenvalue weighted by atomic mass is 9.96. The Bertz CT molecular complexity index is 366. The Morgan fingerprint density at radius 1 is 1.15 bits per heavy atom. The van der Waals surface area contributed by atoms with E-state index in [0.717, 1.165) is 0 Å². The van der Waals surface area contributed by atoms with E-state index in [2.05, 4.69) is 0 Å². The largest absolute Gasteiger partial charge is 0.204 e. The molecule has 1 aliphatic rings. The number of allylic oxidation sites excluding steroid dienone is 4. The van der Waals surface area contributed by atoms with E-state index in [1.807, 2.05) is 0 Å². The van der Waals surface area contributed by atoms with Crippen molar-refractivity contribution in [1.82, 2.24) is 0 Å². The fourth-order valence-electron chi connectivity index (χ4n) is 1.15. The van der Waals surface area contributed by atoms with Gasteiger partial charge in [-0.3, -0.25) is 0 Å². The number of nitrogens with zero attached hydrogens (tertiary/aromatic N) is 2. The summed E-state index contributed by atoms with van der Waals surface area (Å²) in [7, 11) is 0. The average Bonchev–Trinajstić information content (AvgIpc) is 2.14. The zero-order valence-electron chi connectivity index (χ0n) is 6.77. The predicted molar refractivity (Wildman–Crippen MR) is 41.3 cm³/mol. The minimum Gasteiger partial charge on any atom is -0.204 e. The molecule has 66 valence electrons. The summed E-state index contributed by atoms with van der Waals surface area (Å²) in [6, 6.07) is 3.35. The molecule has 0 aliphatic heterocycles. The quantitative estimate of drug-likeness (QED) is 0.622. The Balaban J connectivity index is 3.05. The van der Waals surface area contributed by atoms with Crippen molar-refractivity contribution in [3.8, 4) is 12.1 Å². The molecule has 0 radical (unpaired) electrons. The van der Waals surface area contributed by atoms with E-state index in [1.165, 1.54) is 0 Å². The third-order valence-corrected chi connectivity index (χ3v) is 1.87. The number of hydrogen-bond donors (Lipinski definition) is 0. The van der Waals surface area contributed by atoms with Gasteiger partial charge in [-0.1, -0.05) is 0 Å². The molecule has 0 atom stereocenters. The molecule has 0 N–H and O–H groups in total. The summed E-state index contributed by atoms with van der Waals surface area (Å²) in [5.41, 5.74) is -0.0156. The molecule has 0 aromatic rings. The molecule has 1 aliphatic carbocycles. The molecule has 0 saturated heterocycles. The van der Waals surface area contributed by atoms with Gasteiger partial charge in [-0.2, -0.15) is 10.5 Å². The molecule has 2 nitrogen and oxygen atoms in total. The minimum atomic E-state index is -1.10. The highest BCUT2D eigenvalue weighted by atomic mass is 19.2. The Hall–Kier alpha value is -1.68. The highest BCUT2D eigenvalue weighted by molar-refractivity contribution is 5.41. The first-order valence-electron chi connectivity index (χ1n) is 3.74. The van der Waals surface area contributed by atoms with Gasteiger partial charge in [0.1, 0.15) is 0 Å². The van der Waals surface area contributed by atoms with Gasteiger partial charge in [-0.05, 0) is 18.4 Å². The SMILES string of the molecule is N#CCC1=C(F)C(F)=C(C#N)CC1. The Kier molecular flexibility index (Phi) is 2.76. The third kappa shape index (κ3) is 1.73.